The van der Waals surface area contributed by atoms with Crippen LogP contribution in [-0.4, -0.2) is 11.9 Å². The van der Waals surface area contributed by atoms with Crippen LogP contribution in [0.5, 0.6) is 5.75 Å². The van der Waals surface area contributed by atoms with Gasteiger partial charge in [0, 0.05) is 0 Å². The molecule has 0 bridgehead atoms. The number of halogens is 3. The molecule has 88 valence electrons. The van der Waals surface area contributed by atoms with Gasteiger partial charge in [-0.3, -0.25) is 4.79 Å². The maximum atomic E-state index is 12.3. The predicted octanol–water partition coefficient (Wildman–Crippen LogP) is 3.06. The fourth-order valence-corrected chi connectivity index (χ4v) is 1.03. The Hall–Kier alpha value is -1.52. The standard InChI is InChI=1S/C11H11F3O2/c1-7(15)8(2)16-10-5-3-4-9(6-10)11(12,13)14/h3-6,8H,1-2H3/t8-/m1/s1. The summed E-state index contributed by atoms with van der Waals surface area (Å²) in [5, 5.41) is 0. The summed E-state index contributed by atoms with van der Waals surface area (Å²) in [5.74, 6) is -0.199. The van der Waals surface area contributed by atoms with E-state index in [2.05, 4.69) is 0 Å². The second kappa shape index (κ2) is 4.55. The summed E-state index contributed by atoms with van der Waals surface area (Å²) in [4.78, 5) is 10.9. The maximum absolute atomic E-state index is 12.3. The summed E-state index contributed by atoms with van der Waals surface area (Å²) < 4.78 is 42.1. The van der Waals surface area contributed by atoms with Crippen LogP contribution in [0.1, 0.15) is 19.4 Å². The van der Waals surface area contributed by atoms with Gasteiger partial charge < -0.3 is 4.74 Å². The van der Waals surface area contributed by atoms with Crippen LogP contribution >= 0.6 is 0 Å². The van der Waals surface area contributed by atoms with Crippen molar-refractivity contribution in [3.05, 3.63) is 29.8 Å². The van der Waals surface area contributed by atoms with Gasteiger partial charge in [0.1, 0.15) is 5.75 Å². The van der Waals surface area contributed by atoms with Gasteiger partial charge in [0.15, 0.2) is 11.9 Å². The first-order chi connectivity index (χ1) is 7.30. The molecule has 1 aromatic rings. The molecule has 0 saturated carbocycles. The van der Waals surface area contributed by atoms with Crippen molar-refractivity contribution >= 4 is 5.78 Å². The lowest BCUT2D eigenvalue weighted by molar-refractivity contribution is -0.137. The Bertz CT molecular complexity index is 385. The number of carbonyl (C=O) groups is 1. The average Bonchev–Trinajstić information content (AvgIpc) is 2.16. The minimum absolute atomic E-state index is 0.0394. The number of carbonyl (C=O) groups excluding carboxylic acids is 1. The van der Waals surface area contributed by atoms with Gasteiger partial charge in [-0.25, -0.2) is 0 Å². The normalized spacial score (nSPS) is 13.3. The van der Waals surface area contributed by atoms with E-state index in [1.165, 1.54) is 26.0 Å². The molecule has 0 aliphatic carbocycles. The number of Topliss-reactive ketones (excluding diaryl/α,β-unsaturated/α-hetero) is 1. The highest BCUT2D eigenvalue weighted by Crippen LogP contribution is 2.31. The Morgan fingerprint density at radius 3 is 2.50 bits per heavy atom. The highest BCUT2D eigenvalue weighted by atomic mass is 19.4. The number of ketones is 1. The third-order valence-electron chi connectivity index (χ3n) is 2.05. The number of hydrogen-bond donors (Lipinski definition) is 0. The molecule has 0 aromatic heterocycles. The Kier molecular flexibility index (Phi) is 3.57. The number of benzene rings is 1. The molecule has 0 spiro atoms. The molecule has 0 fully saturated rings. The summed E-state index contributed by atoms with van der Waals surface area (Å²) in [7, 11) is 0. The zero-order chi connectivity index (χ0) is 12.3. The van der Waals surface area contributed by atoms with E-state index in [9.17, 15) is 18.0 Å². The molecule has 0 N–H and O–H groups in total. The Labute approximate surface area is 91.0 Å². The molecule has 0 saturated heterocycles. The van der Waals surface area contributed by atoms with Crippen LogP contribution in [0.15, 0.2) is 24.3 Å². The van der Waals surface area contributed by atoms with Gasteiger partial charge in [0.25, 0.3) is 0 Å². The topological polar surface area (TPSA) is 26.3 Å². The highest BCUT2D eigenvalue weighted by molar-refractivity contribution is 5.80. The van der Waals surface area contributed by atoms with Crippen molar-refractivity contribution in [3.8, 4) is 5.75 Å². The minimum Gasteiger partial charge on any atom is -0.483 e. The predicted molar refractivity (Wildman–Crippen MR) is 52.2 cm³/mol. The van der Waals surface area contributed by atoms with E-state index in [0.717, 1.165) is 12.1 Å². The van der Waals surface area contributed by atoms with Gasteiger partial charge in [0.2, 0.25) is 0 Å². The number of rotatable bonds is 3. The van der Waals surface area contributed by atoms with Crippen molar-refractivity contribution in [2.45, 2.75) is 26.1 Å². The Morgan fingerprint density at radius 1 is 1.38 bits per heavy atom. The third-order valence-corrected chi connectivity index (χ3v) is 2.05. The summed E-state index contributed by atoms with van der Waals surface area (Å²) in [6.07, 6.45) is -5.15. The summed E-state index contributed by atoms with van der Waals surface area (Å²) in [6, 6.07) is 4.45. The van der Waals surface area contributed by atoms with E-state index in [1.807, 2.05) is 0 Å². The molecule has 1 aromatic carbocycles. The van der Waals surface area contributed by atoms with Gasteiger partial charge in [-0.05, 0) is 32.0 Å². The number of ether oxygens (including phenoxy) is 1. The molecular weight excluding hydrogens is 221 g/mol. The van der Waals surface area contributed by atoms with Crippen molar-refractivity contribution < 1.29 is 22.7 Å². The third kappa shape index (κ3) is 3.25. The van der Waals surface area contributed by atoms with Gasteiger partial charge in [-0.1, -0.05) is 6.07 Å². The molecule has 16 heavy (non-hydrogen) atoms. The van der Waals surface area contributed by atoms with E-state index < -0.39 is 17.8 Å². The van der Waals surface area contributed by atoms with Crippen LogP contribution in [0.3, 0.4) is 0 Å². The first-order valence-corrected chi connectivity index (χ1v) is 4.65. The molecule has 0 unspecified atom stereocenters. The smallest absolute Gasteiger partial charge is 0.416 e. The molecule has 1 atom stereocenters. The fraction of sp³-hybridized carbons (Fsp3) is 0.364. The van der Waals surface area contributed by atoms with Gasteiger partial charge in [-0.2, -0.15) is 13.2 Å². The summed E-state index contributed by atoms with van der Waals surface area (Å²) in [6.45, 7) is 2.81. The maximum Gasteiger partial charge on any atom is 0.416 e. The minimum atomic E-state index is -4.40. The van der Waals surface area contributed by atoms with Crippen molar-refractivity contribution in [3.63, 3.8) is 0 Å². The molecule has 0 radical (unpaired) electrons. The van der Waals surface area contributed by atoms with Crippen LogP contribution < -0.4 is 4.74 Å². The second-order valence-corrected chi connectivity index (χ2v) is 3.40. The van der Waals surface area contributed by atoms with Crippen LogP contribution in [0.25, 0.3) is 0 Å². The van der Waals surface area contributed by atoms with Crippen LogP contribution in [0.2, 0.25) is 0 Å². The molecule has 0 heterocycles. The molecule has 1 rings (SSSR count). The lowest BCUT2D eigenvalue weighted by Gasteiger charge is -2.13. The highest BCUT2D eigenvalue weighted by Gasteiger charge is 2.30. The summed E-state index contributed by atoms with van der Waals surface area (Å²) >= 11 is 0. The van der Waals surface area contributed by atoms with E-state index in [-0.39, 0.29) is 11.5 Å². The lowest BCUT2D eigenvalue weighted by atomic mass is 10.2. The van der Waals surface area contributed by atoms with E-state index in [4.69, 9.17) is 4.74 Å². The van der Waals surface area contributed by atoms with E-state index in [1.54, 1.807) is 0 Å². The summed E-state index contributed by atoms with van der Waals surface area (Å²) in [5.41, 5.74) is -0.791. The quantitative estimate of drug-likeness (QED) is 0.800. The van der Waals surface area contributed by atoms with Crippen molar-refractivity contribution in [2.24, 2.45) is 0 Å². The Morgan fingerprint density at radius 2 is 2.00 bits per heavy atom. The second-order valence-electron chi connectivity index (χ2n) is 3.40. The number of alkyl halides is 3. The SMILES string of the molecule is CC(=O)[C@@H](C)Oc1cccc(C(F)(F)F)c1. The molecule has 0 aliphatic rings. The van der Waals surface area contributed by atoms with E-state index >= 15 is 0 Å². The molecule has 5 heteroatoms. The zero-order valence-corrected chi connectivity index (χ0v) is 8.84. The largest absolute Gasteiger partial charge is 0.483 e. The average molecular weight is 232 g/mol. The van der Waals surface area contributed by atoms with Gasteiger partial charge in [-0.15, -0.1) is 0 Å². The zero-order valence-electron chi connectivity index (χ0n) is 8.84. The lowest BCUT2D eigenvalue weighted by Crippen LogP contribution is -2.20. The molecule has 0 aliphatic heterocycles. The van der Waals surface area contributed by atoms with Crippen LogP contribution in [-0.2, 0) is 11.0 Å². The van der Waals surface area contributed by atoms with Crippen molar-refractivity contribution in [1.29, 1.82) is 0 Å². The monoisotopic (exact) mass is 232 g/mol. The Balaban J connectivity index is 2.87. The van der Waals surface area contributed by atoms with Crippen LogP contribution in [0, 0.1) is 0 Å². The van der Waals surface area contributed by atoms with E-state index in [0.29, 0.717) is 0 Å². The first kappa shape index (κ1) is 12.5. The molecule has 0 amide bonds. The van der Waals surface area contributed by atoms with Gasteiger partial charge >= 0.3 is 6.18 Å². The molecule has 2 nitrogen and oxygen atoms in total. The molecular formula is C11H11F3O2. The van der Waals surface area contributed by atoms with Crippen molar-refractivity contribution in [1.82, 2.24) is 0 Å². The van der Waals surface area contributed by atoms with Gasteiger partial charge in [0.05, 0.1) is 5.56 Å². The first-order valence-electron chi connectivity index (χ1n) is 4.65. The fourth-order valence-electron chi connectivity index (χ4n) is 1.03. The number of hydrogen-bond acceptors (Lipinski definition) is 2. The van der Waals surface area contributed by atoms with Crippen LogP contribution in [0.4, 0.5) is 13.2 Å². The van der Waals surface area contributed by atoms with Crippen molar-refractivity contribution in [2.75, 3.05) is 0 Å².